The maximum Gasteiger partial charge on any atom is 0.323 e. The van der Waals surface area contributed by atoms with E-state index in [1.54, 1.807) is 24.3 Å². The number of nitrogens with zero attached hydrogens (tertiary/aromatic N) is 5. The van der Waals surface area contributed by atoms with E-state index >= 15 is 0 Å². The predicted molar refractivity (Wildman–Crippen MR) is 96.1 cm³/mol. The quantitative estimate of drug-likeness (QED) is 0.843. The molecule has 9 nitrogen and oxygen atoms in total. The molecule has 4 rings (SSSR count). The van der Waals surface area contributed by atoms with Gasteiger partial charge in [-0.1, -0.05) is 0 Å². The molecule has 1 aliphatic carbocycles. The second-order valence-corrected chi connectivity index (χ2v) is 6.65. The van der Waals surface area contributed by atoms with Gasteiger partial charge in [-0.3, -0.25) is 10.4 Å². The van der Waals surface area contributed by atoms with E-state index in [-0.39, 0.29) is 6.03 Å². The van der Waals surface area contributed by atoms with Crippen molar-refractivity contribution >= 4 is 17.7 Å². The Labute approximate surface area is 151 Å². The van der Waals surface area contributed by atoms with Crippen molar-refractivity contribution in [3.8, 4) is 0 Å². The number of urea groups is 1. The minimum atomic E-state index is -0.146. The lowest BCUT2D eigenvalue weighted by Gasteiger charge is -2.34. The molecule has 0 spiro atoms. The molecule has 0 aromatic carbocycles. The van der Waals surface area contributed by atoms with Crippen LogP contribution in [0.25, 0.3) is 0 Å². The third-order valence-electron chi connectivity index (χ3n) is 4.71. The highest BCUT2D eigenvalue weighted by Gasteiger charge is 2.28. The van der Waals surface area contributed by atoms with Crippen LogP contribution in [0.4, 0.5) is 16.4 Å². The van der Waals surface area contributed by atoms with Gasteiger partial charge in [-0.25, -0.2) is 14.8 Å². The van der Waals surface area contributed by atoms with Gasteiger partial charge in [0, 0.05) is 57.2 Å². The highest BCUT2D eigenvalue weighted by atomic mass is 16.5. The van der Waals surface area contributed by atoms with E-state index in [9.17, 15) is 4.79 Å². The predicted octanol–water partition coefficient (Wildman–Crippen LogP) is 1.58. The number of aromatic amines is 1. The van der Waals surface area contributed by atoms with E-state index in [4.69, 9.17) is 4.74 Å². The zero-order chi connectivity index (χ0) is 17.9. The summed E-state index contributed by atoms with van der Waals surface area (Å²) in [4.78, 5) is 24.8. The number of hydrogen-bond acceptors (Lipinski definition) is 6. The molecule has 26 heavy (non-hydrogen) atoms. The molecular formula is C17H23N7O2. The molecule has 1 aliphatic heterocycles. The van der Waals surface area contributed by atoms with Gasteiger partial charge in [0.05, 0.1) is 0 Å². The molecule has 1 saturated heterocycles. The van der Waals surface area contributed by atoms with Crippen LogP contribution in [0.3, 0.4) is 0 Å². The van der Waals surface area contributed by atoms with E-state index < -0.39 is 0 Å². The number of aromatic nitrogens is 4. The molecule has 1 saturated carbocycles. The Morgan fingerprint density at radius 3 is 2.88 bits per heavy atom. The van der Waals surface area contributed by atoms with Crippen LogP contribution in [0.15, 0.2) is 18.3 Å². The van der Waals surface area contributed by atoms with Gasteiger partial charge in [0.1, 0.15) is 12.4 Å². The number of carbonyl (C=O) groups excluding carboxylic acids is 1. The first kappa shape index (κ1) is 16.8. The number of hydrogen-bond donors (Lipinski definition) is 2. The number of nitrogens with one attached hydrogen (secondary N) is 2. The molecule has 138 valence electrons. The summed E-state index contributed by atoms with van der Waals surface area (Å²) >= 11 is 0. The van der Waals surface area contributed by atoms with Crippen LogP contribution in [0.5, 0.6) is 0 Å². The number of rotatable bonds is 5. The Hall–Kier alpha value is -2.68. The molecular weight excluding hydrogens is 334 g/mol. The van der Waals surface area contributed by atoms with Gasteiger partial charge in [0.15, 0.2) is 11.6 Å². The Kier molecular flexibility index (Phi) is 4.70. The van der Waals surface area contributed by atoms with E-state index in [0.717, 1.165) is 18.9 Å². The molecule has 2 aromatic rings. The minimum Gasteiger partial charge on any atom is -0.377 e. The first-order valence-corrected chi connectivity index (χ1v) is 8.90. The fourth-order valence-electron chi connectivity index (χ4n) is 3.09. The van der Waals surface area contributed by atoms with Crippen LogP contribution in [0.2, 0.25) is 0 Å². The number of ether oxygens (including phenoxy) is 1. The Morgan fingerprint density at radius 2 is 2.15 bits per heavy atom. The minimum absolute atomic E-state index is 0.146. The smallest absolute Gasteiger partial charge is 0.323 e. The van der Waals surface area contributed by atoms with Gasteiger partial charge < -0.3 is 14.5 Å². The molecule has 2 aromatic heterocycles. The van der Waals surface area contributed by atoms with E-state index in [0.29, 0.717) is 37.3 Å². The number of methoxy groups -OCH3 is 1. The fraction of sp³-hybridized carbons (Fsp3) is 0.529. The van der Waals surface area contributed by atoms with E-state index in [1.807, 2.05) is 0 Å². The largest absolute Gasteiger partial charge is 0.377 e. The van der Waals surface area contributed by atoms with Crippen LogP contribution in [-0.2, 0) is 11.3 Å². The Bertz CT molecular complexity index is 766. The van der Waals surface area contributed by atoms with Gasteiger partial charge in [-0.2, -0.15) is 5.10 Å². The lowest BCUT2D eigenvalue weighted by atomic mass is 10.2. The lowest BCUT2D eigenvalue weighted by Crippen LogP contribution is -2.50. The van der Waals surface area contributed by atoms with Crippen LogP contribution in [-0.4, -0.2) is 64.4 Å². The van der Waals surface area contributed by atoms with Gasteiger partial charge in [-0.15, -0.1) is 0 Å². The molecule has 2 fully saturated rings. The molecule has 0 radical (unpaired) electrons. The molecule has 0 bridgehead atoms. The molecule has 2 aliphatic rings. The average Bonchev–Trinajstić information content (AvgIpc) is 3.39. The standard InChI is InChI=1S/C17H23N7O2/c1-26-11-15-18-5-4-14(19-15)20-17(25)24-8-6-23(7-9-24)16-10-13(21-22-16)12-2-3-12/h4-5,10,12H,2-3,6-9,11H2,1H3,(H,21,22)(H,18,19,20,25). The number of H-pyrrole nitrogens is 1. The number of anilines is 2. The number of carbonyl (C=O) groups is 1. The van der Waals surface area contributed by atoms with E-state index in [2.05, 4.69) is 36.4 Å². The van der Waals surface area contributed by atoms with Crippen molar-refractivity contribution in [2.45, 2.75) is 25.4 Å². The topological polar surface area (TPSA) is 99.3 Å². The van der Waals surface area contributed by atoms with Crippen molar-refractivity contribution in [2.75, 3.05) is 43.5 Å². The van der Waals surface area contributed by atoms with Crippen molar-refractivity contribution in [3.63, 3.8) is 0 Å². The summed E-state index contributed by atoms with van der Waals surface area (Å²) in [5.74, 6) is 2.67. The third kappa shape index (κ3) is 3.77. The second kappa shape index (κ2) is 7.28. The Balaban J connectivity index is 1.30. The highest BCUT2D eigenvalue weighted by Crippen LogP contribution is 2.39. The van der Waals surface area contributed by atoms with Crippen molar-refractivity contribution in [1.29, 1.82) is 0 Å². The zero-order valence-electron chi connectivity index (χ0n) is 14.8. The van der Waals surface area contributed by atoms with Crippen LogP contribution >= 0.6 is 0 Å². The first-order valence-electron chi connectivity index (χ1n) is 8.90. The molecule has 0 atom stereocenters. The molecule has 9 heteroatoms. The molecule has 3 heterocycles. The Morgan fingerprint density at radius 1 is 1.35 bits per heavy atom. The number of piperazine rings is 1. The van der Waals surface area contributed by atoms with Crippen molar-refractivity contribution in [1.82, 2.24) is 25.1 Å². The first-order chi connectivity index (χ1) is 12.7. The highest BCUT2D eigenvalue weighted by molar-refractivity contribution is 5.88. The van der Waals surface area contributed by atoms with Crippen molar-refractivity contribution < 1.29 is 9.53 Å². The molecule has 2 N–H and O–H groups in total. The molecule has 2 amide bonds. The summed E-state index contributed by atoms with van der Waals surface area (Å²) in [5, 5.41) is 10.4. The van der Waals surface area contributed by atoms with Crippen molar-refractivity contribution in [3.05, 3.63) is 29.8 Å². The summed E-state index contributed by atoms with van der Waals surface area (Å²) in [5.41, 5.74) is 1.23. The average molecular weight is 357 g/mol. The van der Waals surface area contributed by atoms with Gasteiger partial charge in [0.2, 0.25) is 0 Å². The third-order valence-corrected chi connectivity index (χ3v) is 4.71. The maximum atomic E-state index is 12.5. The zero-order valence-corrected chi connectivity index (χ0v) is 14.8. The van der Waals surface area contributed by atoms with Crippen LogP contribution in [0, 0.1) is 0 Å². The van der Waals surface area contributed by atoms with Crippen LogP contribution < -0.4 is 10.2 Å². The SMILES string of the molecule is COCc1nccc(NC(=O)N2CCN(c3cc(C4CC4)[nH]n3)CC2)n1. The monoisotopic (exact) mass is 357 g/mol. The summed E-state index contributed by atoms with van der Waals surface area (Å²) in [6.07, 6.45) is 4.12. The number of amides is 2. The summed E-state index contributed by atoms with van der Waals surface area (Å²) in [7, 11) is 1.58. The van der Waals surface area contributed by atoms with Crippen LogP contribution in [0.1, 0.15) is 30.3 Å². The fourth-order valence-corrected chi connectivity index (χ4v) is 3.09. The maximum absolute atomic E-state index is 12.5. The summed E-state index contributed by atoms with van der Waals surface area (Å²) in [6.45, 7) is 3.14. The molecule has 0 unspecified atom stereocenters. The normalized spacial score (nSPS) is 17.4. The van der Waals surface area contributed by atoms with Crippen molar-refractivity contribution in [2.24, 2.45) is 0 Å². The van der Waals surface area contributed by atoms with Gasteiger partial charge >= 0.3 is 6.03 Å². The summed E-state index contributed by atoms with van der Waals surface area (Å²) < 4.78 is 5.02. The lowest BCUT2D eigenvalue weighted by molar-refractivity contribution is 0.178. The second-order valence-electron chi connectivity index (χ2n) is 6.65. The van der Waals surface area contributed by atoms with Gasteiger partial charge in [0.25, 0.3) is 0 Å². The summed E-state index contributed by atoms with van der Waals surface area (Å²) in [6, 6.07) is 3.68. The van der Waals surface area contributed by atoms with Gasteiger partial charge in [-0.05, 0) is 18.9 Å². The van der Waals surface area contributed by atoms with E-state index in [1.165, 1.54) is 18.5 Å².